The van der Waals surface area contributed by atoms with Crippen molar-refractivity contribution in [3.05, 3.63) is 62.7 Å². The summed E-state index contributed by atoms with van der Waals surface area (Å²) in [4.78, 5) is 15.7. The predicted octanol–water partition coefficient (Wildman–Crippen LogP) is 5.56. The molecule has 2 N–H and O–H groups in total. The van der Waals surface area contributed by atoms with Crippen LogP contribution in [0, 0.1) is 0 Å². The van der Waals surface area contributed by atoms with E-state index in [4.69, 9.17) is 4.74 Å². The Kier molecular flexibility index (Phi) is 5.45. The zero-order valence-electron chi connectivity index (χ0n) is 15.2. The third-order valence-corrected chi connectivity index (χ3v) is 6.70. The largest absolute Gasteiger partial charge is 0.494 e. The fourth-order valence-electron chi connectivity index (χ4n) is 3.34. The molecule has 140 valence electrons. The van der Waals surface area contributed by atoms with E-state index in [1.165, 1.54) is 15.3 Å². The summed E-state index contributed by atoms with van der Waals surface area (Å²) in [6.45, 7) is 3.34. The molecule has 1 aliphatic rings. The fraction of sp³-hybridized carbons (Fsp3) is 0.286. The van der Waals surface area contributed by atoms with E-state index in [0.717, 1.165) is 47.8 Å². The van der Waals surface area contributed by atoms with Gasteiger partial charge in [-0.3, -0.25) is 4.79 Å². The second-order valence-corrected chi connectivity index (χ2v) is 8.54. The Morgan fingerprint density at radius 3 is 2.78 bits per heavy atom. The van der Waals surface area contributed by atoms with Crippen LogP contribution < -0.4 is 15.4 Å². The minimum atomic E-state index is -0.0350. The summed E-state index contributed by atoms with van der Waals surface area (Å²) in [5, 5.41) is 9.59. The molecule has 1 amide bonds. The van der Waals surface area contributed by atoms with Gasteiger partial charge in [0.05, 0.1) is 18.7 Å². The van der Waals surface area contributed by atoms with Gasteiger partial charge in [0.2, 0.25) is 0 Å². The Morgan fingerprint density at radius 2 is 2.04 bits per heavy atom. The van der Waals surface area contributed by atoms with Gasteiger partial charge < -0.3 is 15.4 Å². The maximum absolute atomic E-state index is 13.1. The quantitative estimate of drug-likeness (QED) is 0.548. The first-order valence-corrected chi connectivity index (χ1v) is 10.9. The molecule has 6 heteroatoms. The fourth-order valence-corrected chi connectivity index (χ4v) is 5.27. The minimum absolute atomic E-state index is 0.0350. The Labute approximate surface area is 167 Å². The van der Waals surface area contributed by atoms with Gasteiger partial charge in [0.25, 0.3) is 5.91 Å². The number of rotatable bonds is 7. The van der Waals surface area contributed by atoms with Crippen molar-refractivity contribution in [3.63, 3.8) is 0 Å². The molecular formula is C21H22N2O2S2. The van der Waals surface area contributed by atoms with Gasteiger partial charge in [-0.25, -0.2) is 0 Å². The van der Waals surface area contributed by atoms with E-state index < -0.39 is 0 Å². The average Bonchev–Trinajstić information content (AvgIpc) is 3.39. The number of anilines is 2. The number of hydrogen-bond donors (Lipinski definition) is 2. The van der Waals surface area contributed by atoms with Crippen molar-refractivity contribution in [2.24, 2.45) is 0 Å². The van der Waals surface area contributed by atoms with Crippen LogP contribution in [0.1, 0.15) is 39.0 Å². The summed E-state index contributed by atoms with van der Waals surface area (Å²) < 4.78 is 5.46. The number of thiophene rings is 2. The lowest BCUT2D eigenvalue weighted by molar-refractivity contribution is 0.102. The van der Waals surface area contributed by atoms with Gasteiger partial charge in [0.1, 0.15) is 10.8 Å². The van der Waals surface area contributed by atoms with Crippen molar-refractivity contribution < 1.29 is 9.53 Å². The highest BCUT2D eigenvalue weighted by Gasteiger charge is 2.26. The lowest BCUT2D eigenvalue weighted by Crippen LogP contribution is -2.15. The molecule has 4 rings (SSSR count). The predicted molar refractivity (Wildman–Crippen MR) is 114 cm³/mol. The van der Waals surface area contributed by atoms with E-state index >= 15 is 0 Å². The van der Waals surface area contributed by atoms with Gasteiger partial charge in [0.15, 0.2) is 0 Å². The van der Waals surface area contributed by atoms with Gasteiger partial charge in [-0.2, -0.15) is 0 Å². The molecule has 1 aliphatic carbocycles. The number of benzene rings is 1. The molecule has 3 aromatic rings. The zero-order valence-corrected chi connectivity index (χ0v) is 16.8. The highest BCUT2D eigenvalue weighted by molar-refractivity contribution is 7.16. The van der Waals surface area contributed by atoms with Crippen LogP contribution in [-0.2, 0) is 19.4 Å². The molecule has 0 unspecified atom stereocenters. The highest BCUT2D eigenvalue weighted by atomic mass is 32.1. The lowest BCUT2D eigenvalue weighted by atomic mass is 10.1. The molecule has 1 aromatic carbocycles. The van der Waals surface area contributed by atoms with Crippen LogP contribution >= 0.6 is 22.7 Å². The second-order valence-electron chi connectivity index (χ2n) is 6.41. The topological polar surface area (TPSA) is 50.4 Å². The van der Waals surface area contributed by atoms with Crippen LogP contribution in [0.15, 0.2) is 41.8 Å². The first-order chi connectivity index (χ1) is 13.2. The second kappa shape index (κ2) is 8.15. The SMILES string of the molecule is CCOc1ccc(NC(=O)c2c(NCc3cccs3)sc3c2CCC3)cc1. The van der Waals surface area contributed by atoms with Gasteiger partial charge >= 0.3 is 0 Å². The van der Waals surface area contributed by atoms with Gasteiger partial charge in [-0.15, -0.1) is 22.7 Å². The molecule has 0 spiro atoms. The molecule has 0 radical (unpaired) electrons. The van der Waals surface area contributed by atoms with E-state index in [9.17, 15) is 4.79 Å². The highest BCUT2D eigenvalue weighted by Crippen LogP contribution is 2.39. The summed E-state index contributed by atoms with van der Waals surface area (Å²) in [5.74, 6) is 0.775. The van der Waals surface area contributed by atoms with Crippen molar-refractivity contribution in [1.29, 1.82) is 0 Å². The summed E-state index contributed by atoms with van der Waals surface area (Å²) in [6.07, 6.45) is 3.19. The third kappa shape index (κ3) is 4.01. The molecule has 2 heterocycles. The summed E-state index contributed by atoms with van der Waals surface area (Å²) in [6, 6.07) is 11.7. The average molecular weight is 399 g/mol. The molecule has 0 saturated heterocycles. The van der Waals surface area contributed by atoms with Crippen molar-refractivity contribution in [2.45, 2.75) is 32.7 Å². The molecule has 27 heavy (non-hydrogen) atoms. The van der Waals surface area contributed by atoms with E-state index in [0.29, 0.717) is 6.61 Å². The number of amides is 1. The molecule has 0 saturated carbocycles. The Morgan fingerprint density at radius 1 is 1.19 bits per heavy atom. The number of hydrogen-bond acceptors (Lipinski definition) is 5. The zero-order chi connectivity index (χ0) is 18.6. The van der Waals surface area contributed by atoms with Crippen molar-refractivity contribution in [1.82, 2.24) is 0 Å². The Balaban J connectivity index is 1.53. The maximum atomic E-state index is 13.1. The third-order valence-electron chi connectivity index (χ3n) is 4.57. The molecular weight excluding hydrogens is 376 g/mol. The first-order valence-electron chi connectivity index (χ1n) is 9.19. The number of nitrogens with one attached hydrogen (secondary N) is 2. The smallest absolute Gasteiger partial charge is 0.258 e. The van der Waals surface area contributed by atoms with Crippen molar-refractivity contribution in [2.75, 3.05) is 17.2 Å². The number of carbonyl (C=O) groups is 1. The van der Waals surface area contributed by atoms with Gasteiger partial charge in [0, 0.05) is 15.4 Å². The van der Waals surface area contributed by atoms with E-state index in [1.54, 1.807) is 22.7 Å². The number of fused-ring (bicyclic) bond motifs is 1. The lowest BCUT2D eigenvalue weighted by Gasteiger charge is -2.10. The molecule has 2 aromatic heterocycles. The molecule has 0 bridgehead atoms. The van der Waals surface area contributed by atoms with Crippen LogP contribution in [-0.4, -0.2) is 12.5 Å². The molecule has 0 aliphatic heterocycles. The minimum Gasteiger partial charge on any atom is -0.494 e. The van der Waals surface area contributed by atoms with Crippen LogP contribution in [0.2, 0.25) is 0 Å². The van der Waals surface area contributed by atoms with Crippen molar-refractivity contribution >= 4 is 39.3 Å². The number of carbonyl (C=O) groups excluding carboxylic acids is 1. The van der Waals surface area contributed by atoms with Crippen LogP contribution in [0.5, 0.6) is 5.75 Å². The number of ether oxygens (including phenoxy) is 1. The van der Waals surface area contributed by atoms with E-state index in [1.807, 2.05) is 31.2 Å². The van der Waals surface area contributed by atoms with Gasteiger partial charge in [-0.1, -0.05) is 6.07 Å². The standard InChI is InChI=1S/C21H22N2O2S2/c1-2-25-15-10-8-14(9-11-15)23-20(24)19-17-6-3-7-18(17)27-21(19)22-13-16-5-4-12-26-16/h4-5,8-12,22H,2-3,6-7,13H2,1H3,(H,23,24). The number of aryl methyl sites for hydroxylation is 1. The Bertz CT molecular complexity index is 915. The Hall–Kier alpha value is -2.31. The monoisotopic (exact) mass is 398 g/mol. The van der Waals surface area contributed by atoms with Crippen LogP contribution in [0.25, 0.3) is 0 Å². The van der Waals surface area contributed by atoms with E-state index in [2.05, 4.69) is 28.1 Å². The molecule has 0 fully saturated rings. The first kappa shape index (κ1) is 18.1. The molecule has 0 atom stereocenters. The maximum Gasteiger partial charge on any atom is 0.258 e. The van der Waals surface area contributed by atoms with Crippen molar-refractivity contribution in [3.8, 4) is 5.75 Å². The summed E-state index contributed by atoms with van der Waals surface area (Å²) in [5.41, 5.74) is 2.82. The molecule has 4 nitrogen and oxygen atoms in total. The van der Waals surface area contributed by atoms with E-state index in [-0.39, 0.29) is 5.91 Å². The van der Waals surface area contributed by atoms with Crippen LogP contribution in [0.4, 0.5) is 10.7 Å². The van der Waals surface area contributed by atoms with Crippen LogP contribution in [0.3, 0.4) is 0 Å². The normalized spacial score (nSPS) is 12.6. The summed E-state index contributed by atoms with van der Waals surface area (Å²) >= 11 is 3.46. The van der Waals surface area contributed by atoms with Gasteiger partial charge in [-0.05, 0) is 67.5 Å². The summed E-state index contributed by atoms with van der Waals surface area (Å²) in [7, 11) is 0.